The van der Waals surface area contributed by atoms with Crippen LogP contribution in [0.5, 0.6) is 0 Å². The summed E-state index contributed by atoms with van der Waals surface area (Å²) in [5.41, 5.74) is 0.976. The SMILES string of the molecule is O=C(Cc1ccc(Cl)cc1)N1CCCC1c1ncccn1. The Morgan fingerprint density at radius 3 is 2.67 bits per heavy atom. The average molecular weight is 302 g/mol. The van der Waals surface area contributed by atoms with Crippen LogP contribution in [-0.4, -0.2) is 27.3 Å². The van der Waals surface area contributed by atoms with Gasteiger partial charge < -0.3 is 4.90 Å². The van der Waals surface area contributed by atoms with E-state index in [0.717, 1.165) is 30.8 Å². The molecule has 1 aromatic heterocycles. The fraction of sp³-hybridized carbons (Fsp3) is 0.312. The first-order valence-corrected chi connectivity index (χ1v) is 7.42. The maximum absolute atomic E-state index is 12.5. The van der Waals surface area contributed by atoms with Gasteiger partial charge in [0.1, 0.15) is 0 Å². The zero-order chi connectivity index (χ0) is 14.7. The predicted molar refractivity (Wildman–Crippen MR) is 80.9 cm³/mol. The van der Waals surface area contributed by atoms with Gasteiger partial charge in [-0.15, -0.1) is 0 Å². The molecule has 0 spiro atoms. The number of likely N-dealkylation sites (tertiary alicyclic amines) is 1. The van der Waals surface area contributed by atoms with Gasteiger partial charge in [-0.25, -0.2) is 9.97 Å². The van der Waals surface area contributed by atoms with Gasteiger partial charge in [-0.3, -0.25) is 4.79 Å². The van der Waals surface area contributed by atoms with Crippen molar-refractivity contribution >= 4 is 17.5 Å². The molecule has 5 heteroatoms. The number of hydrogen-bond donors (Lipinski definition) is 0. The zero-order valence-electron chi connectivity index (χ0n) is 11.6. The third-order valence-corrected chi connectivity index (χ3v) is 3.98. The van der Waals surface area contributed by atoms with Gasteiger partial charge in [0.15, 0.2) is 5.82 Å². The largest absolute Gasteiger partial charge is 0.332 e. The van der Waals surface area contributed by atoms with E-state index in [9.17, 15) is 4.79 Å². The van der Waals surface area contributed by atoms with Crippen LogP contribution in [0.4, 0.5) is 0 Å². The molecule has 0 bridgehead atoms. The van der Waals surface area contributed by atoms with E-state index in [-0.39, 0.29) is 11.9 Å². The van der Waals surface area contributed by atoms with E-state index in [0.29, 0.717) is 11.4 Å². The van der Waals surface area contributed by atoms with Crippen molar-refractivity contribution in [3.8, 4) is 0 Å². The van der Waals surface area contributed by atoms with Crippen LogP contribution in [0.1, 0.15) is 30.3 Å². The van der Waals surface area contributed by atoms with Crippen molar-refractivity contribution in [2.75, 3.05) is 6.54 Å². The lowest BCUT2D eigenvalue weighted by atomic mass is 10.1. The molecule has 1 aliphatic heterocycles. The Labute approximate surface area is 128 Å². The van der Waals surface area contributed by atoms with E-state index in [1.807, 2.05) is 29.2 Å². The number of halogens is 1. The fourth-order valence-electron chi connectivity index (χ4n) is 2.69. The third-order valence-electron chi connectivity index (χ3n) is 3.73. The molecule has 1 unspecified atom stereocenters. The lowest BCUT2D eigenvalue weighted by molar-refractivity contribution is -0.131. The molecule has 1 aliphatic rings. The summed E-state index contributed by atoms with van der Waals surface area (Å²) in [6.45, 7) is 0.773. The number of carbonyl (C=O) groups is 1. The Balaban J connectivity index is 1.73. The molecule has 3 rings (SSSR count). The second kappa shape index (κ2) is 6.22. The van der Waals surface area contributed by atoms with Gasteiger partial charge in [0.25, 0.3) is 0 Å². The molecule has 1 fully saturated rings. The molecular formula is C16H16ClN3O. The molecule has 2 heterocycles. The molecular weight excluding hydrogens is 286 g/mol. The van der Waals surface area contributed by atoms with Gasteiger partial charge in [-0.05, 0) is 36.6 Å². The Hall–Kier alpha value is -1.94. The van der Waals surface area contributed by atoms with Gasteiger partial charge in [0.2, 0.25) is 5.91 Å². The summed E-state index contributed by atoms with van der Waals surface area (Å²) in [4.78, 5) is 23.0. The zero-order valence-corrected chi connectivity index (χ0v) is 12.3. The standard InChI is InChI=1S/C16H16ClN3O/c17-13-6-4-12(5-7-13)11-15(21)20-10-1-3-14(20)16-18-8-2-9-19-16/h2,4-9,14H,1,3,10-11H2. The molecule has 0 radical (unpaired) electrons. The quantitative estimate of drug-likeness (QED) is 0.875. The lowest BCUT2D eigenvalue weighted by Crippen LogP contribution is -2.32. The van der Waals surface area contributed by atoms with Crippen LogP contribution in [0.2, 0.25) is 5.02 Å². The van der Waals surface area contributed by atoms with Crippen LogP contribution in [0.25, 0.3) is 0 Å². The van der Waals surface area contributed by atoms with Crippen molar-refractivity contribution in [3.63, 3.8) is 0 Å². The summed E-state index contributed by atoms with van der Waals surface area (Å²) in [6, 6.07) is 9.20. The molecule has 1 amide bonds. The minimum Gasteiger partial charge on any atom is -0.332 e. The first kappa shape index (κ1) is 14.0. The molecule has 2 aromatic rings. The van der Waals surface area contributed by atoms with E-state index in [2.05, 4.69) is 9.97 Å². The number of hydrogen-bond acceptors (Lipinski definition) is 3. The monoisotopic (exact) mass is 301 g/mol. The van der Waals surface area contributed by atoms with E-state index in [1.54, 1.807) is 18.5 Å². The molecule has 0 aliphatic carbocycles. The normalized spacial score (nSPS) is 18.0. The second-order valence-electron chi connectivity index (χ2n) is 5.16. The highest BCUT2D eigenvalue weighted by Crippen LogP contribution is 2.30. The number of rotatable bonds is 3. The maximum atomic E-state index is 12.5. The third kappa shape index (κ3) is 3.22. The number of amides is 1. The Morgan fingerprint density at radius 1 is 1.24 bits per heavy atom. The highest BCUT2D eigenvalue weighted by Gasteiger charge is 2.31. The number of carbonyl (C=O) groups excluding carboxylic acids is 1. The van der Waals surface area contributed by atoms with Gasteiger partial charge in [0.05, 0.1) is 12.5 Å². The average Bonchev–Trinajstić information content (AvgIpc) is 3.00. The first-order valence-electron chi connectivity index (χ1n) is 7.05. The summed E-state index contributed by atoms with van der Waals surface area (Å²) in [7, 11) is 0. The topological polar surface area (TPSA) is 46.1 Å². The summed E-state index contributed by atoms with van der Waals surface area (Å²) < 4.78 is 0. The van der Waals surface area contributed by atoms with Crippen LogP contribution in [0.15, 0.2) is 42.7 Å². The predicted octanol–water partition coefficient (Wildman–Crippen LogP) is 3.04. The van der Waals surface area contributed by atoms with Crippen LogP contribution < -0.4 is 0 Å². The van der Waals surface area contributed by atoms with Gasteiger partial charge in [0, 0.05) is 24.0 Å². The summed E-state index contributed by atoms with van der Waals surface area (Å²) in [5.74, 6) is 0.853. The highest BCUT2D eigenvalue weighted by molar-refractivity contribution is 6.30. The molecule has 108 valence electrons. The van der Waals surface area contributed by atoms with Crippen molar-refractivity contribution in [1.29, 1.82) is 0 Å². The van der Waals surface area contributed by atoms with Gasteiger partial charge >= 0.3 is 0 Å². The molecule has 4 nitrogen and oxygen atoms in total. The van der Waals surface area contributed by atoms with Gasteiger partial charge in [-0.2, -0.15) is 0 Å². The van der Waals surface area contributed by atoms with Crippen LogP contribution in [-0.2, 0) is 11.2 Å². The summed E-state index contributed by atoms with van der Waals surface area (Å²) in [6.07, 6.45) is 5.76. The van der Waals surface area contributed by atoms with Crippen LogP contribution in [0, 0.1) is 0 Å². The molecule has 0 N–H and O–H groups in total. The van der Waals surface area contributed by atoms with E-state index in [4.69, 9.17) is 11.6 Å². The molecule has 1 aromatic carbocycles. The molecule has 0 saturated carbocycles. The Morgan fingerprint density at radius 2 is 1.95 bits per heavy atom. The number of benzene rings is 1. The number of nitrogens with zero attached hydrogens (tertiary/aromatic N) is 3. The minimum absolute atomic E-state index is 0.00556. The number of aromatic nitrogens is 2. The van der Waals surface area contributed by atoms with E-state index >= 15 is 0 Å². The Kier molecular flexibility index (Phi) is 4.15. The van der Waals surface area contributed by atoms with Crippen molar-refractivity contribution in [3.05, 3.63) is 59.1 Å². The van der Waals surface area contributed by atoms with Crippen molar-refractivity contribution in [1.82, 2.24) is 14.9 Å². The van der Waals surface area contributed by atoms with Gasteiger partial charge in [-0.1, -0.05) is 23.7 Å². The van der Waals surface area contributed by atoms with Crippen molar-refractivity contribution in [2.24, 2.45) is 0 Å². The molecule has 21 heavy (non-hydrogen) atoms. The van der Waals surface area contributed by atoms with Crippen LogP contribution >= 0.6 is 11.6 Å². The van der Waals surface area contributed by atoms with Crippen molar-refractivity contribution in [2.45, 2.75) is 25.3 Å². The minimum atomic E-state index is 0.00556. The maximum Gasteiger partial charge on any atom is 0.227 e. The van der Waals surface area contributed by atoms with Crippen LogP contribution in [0.3, 0.4) is 0 Å². The second-order valence-corrected chi connectivity index (χ2v) is 5.59. The molecule has 1 atom stereocenters. The Bertz CT molecular complexity index is 615. The summed E-state index contributed by atoms with van der Waals surface area (Å²) >= 11 is 5.87. The lowest BCUT2D eigenvalue weighted by Gasteiger charge is -2.23. The fourth-order valence-corrected chi connectivity index (χ4v) is 2.82. The highest BCUT2D eigenvalue weighted by atomic mass is 35.5. The smallest absolute Gasteiger partial charge is 0.227 e. The van der Waals surface area contributed by atoms with Crippen molar-refractivity contribution < 1.29 is 4.79 Å². The molecule has 1 saturated heterocycles. The van der Waals surface area contributed by atoms with E-state index < -0.39 is 0 Å². The summed E-state index contributed by atoms with van der Waals surface area (Å²) in [5, 5.41) is 0.683. The first-order chi connectivity index (χ1) is 10.2. The van der Waals surface area contributed by atoms with E-state index in [1.165, 1.54) is 0 Å².